The molecule has 3 aliphatic rings. The third kappa shape index (κ3) is 11.7. The van der Waals surface area contributed by atoms with E-state index >= 15 is 0 Å². The maximum atomic E-state index is 13.4. The van der Waals surface area contributed by atoms with Gasteiger partial charge in [-0.1, -0.05) is 67.4 Å². The molecule has 244 valence electrons. The zero-order chi connectivity index (χ0) is 32.1. The molecule has 2 aromatic carbocycles. The van der Waals surface area contributed by atoms with Gasteiger partial charge in [0.1, 0.15) is 0 Å². The number of hydrogen-bond acceptors (Lipinski definition) is 5. The van der Waals surface area contributed by atoms with E-state index in [4.69, 9.17) is 27.9 Å². The lowest BCUT2D eigenvalue weighted by molar-refractivity contribution is -0.151. The molecule has 2 saturated heterocycles. The van der Waals surface area contributed by atoms with Gasteiger partial charge in [-0.2, -0.15) is 0 Å². The van der Waals surface area contributed by atoms with Gasteiger partial charge >= 0.3 is 5.97 Å². The molecule has 0 bridgehead atoms. The van der Waals surface area contributed by atoms with Gasteiger partial charge in [0.15, 0.2) is 0 Å². The molecule has 2 aliphatic heterocycles. The van der Waals surface area contributed by atoms with Crippen LogP contribution in [0.1, 0.15) is 64.0 Å². The van der Waals surface area contributed by atoms with Gasteiger partial charge in [-0.15, -0.1) is 0 Å². The van der Waals surface area contributed by atoms with Crippen LogP contribution in [0.2, 0.25) is 10.0 Å². The Morgan fingerprint density at radius 2 is 1.61 bits per heavy atom. The van der Waals surface area contributed by atoms with Gasteiger partial charge in [-0.25, -0.2) is 8.51 Å². The summed E-state index contributed by atoms with van der Waals surface area (Å²) in [6, 6.07) is 16.7. The predicted octanol–water partition coefficient (Wildman–Crippen LogP) is 6.31. The van der Waals surface area contributed by atoms with Crippen molar-refractivity contribution in [2.75, 3.05) is 46.4 Å². The summed E-state index contributed by atoms with van der Waals surface area (Å²) >= 11 is 11.6. The number of morpholine rings is 1. The summed E-state index contributed by atoms with van der Waals surface area (Å²) < 4.78 is 19.6. The molecule has 2 heterocycles. The first-order chi connectivity index (χ1) is 21.1. The fourth-order valence-electron chi connectivity index (χ4n) is 5.47. The van der Waals surface area contributed by atoms with Crippen LogP contribution >= 0.6 is 23.2 Å². The molecule has 0 spiro atoms. The molecule has 3 unspecified atom stereocenters. The minimum Gasteiger partial charge on any atom is -0.481 e. The van der Waals surface area contributed by atoms with E-state index in [-0.39, 0.29) is 29.7 Å². The lowest BCUT2D eigenvalue weighted by atomic mass is 9.85. The van der Waals surface area contributed by atoms with Crippen LogP contribution < -0.4 is 0 Å². The Kier molecular flexibility index (Phi) is 15.6. The van der Waals surface area contributed by atoms with Crippen molar-refractivity contribution in [3.05, 3.63) is 70.2 Å². The highest BCUT2D eigenvalue weighted by molar-refractivity contribution is 7.83. The fourth-order valence-corrected chi connectivity index (χ4v) is 7.11. The maximum absolute atomic E-state index is 13.4. The van der Waals surface area contributed by atoms with Crippen molar-refractivity contribution in [1.29, 1.82) is 0 Å². The average molecular weight is 669 g/mol. The van der Waals surface area contributed by atoms with Crippen LogP contribution in [0.5, 0.6) is 0 Å². The quantitative estimate of drug-likeness (QED) is 0.319. The number of carboxylic acids is 1. The van der Waals surface area contributed by atoms with Gasteiger partial charge in [-0.3, -0.25) is 14.5 Å². The van der Waals surface area contributed by atoms with E-state index in [9.17, 15) is 18.9 Å². The van der Waals surface area contributed by atoms with Crippen molar-refractivity contribution >= 4 is 46.1 Å². The van der Waals surface area contributed by atoms with E-state index in [1.165, 1.54) is 6.54 Å². The number of halogens is 2. The van der Waals surface area contributed by atoms with Gasteiger partial charge in [0.25, 0.3) is 0 Å². The highest BCUT2D eigenvalue weighted by Gasteiger charge is 2.41. The molecule has 5 rings (SSSR count). The maximum Gasteiger partial charge on any atom is 0.304 e. The number of carbonyl (C=O) groups excluding carboxylic acids is 1. The number of ether oxygens (including phenoxy) is 1. The van der Waals surface area contributed by atoms with Gasteiger partial charge in [0, 0.05) is 46.9 Å². The van der Waals surface area contributed by atoms with Crippen molar-refractivity contribution in [1.82, 2.24) is 14.1 Å². The number of hydrogen-bond donors (Lipinski definition) is 1. The number of aliphatic carboxylic acids is 1. The zero-order valence-electron chi connectivity index (χ0n) is 26.1. The molecule has 11 heteroatoms. The highest BCUT2D eigenvalue weighted by Crippen LogP contribution is 2.38. The zero-order valence-corrected chi connectivity index (χ0v) is 28.4. The van der Waals surface area contributed by atoms with Crippen molar-refractivity contribution in [3.8, 4) is 0 Å². The number of likely N-dealkylation sites (N-methyl/N-ethyl adjacent to an activating group) is 2. The van der Waals surface area contributed by atoms with Crippen molar-refractivity contribution in [2.24, 2.45) is 5.92 Å². The monoisotopic (exact) mass is 667 g/mol. The van der Waals surface area contributed by atoms with Gasteiger partial charge in [-0.05, 0) is 75.5 Å². The van der Waals surface area contributed by atoms with Crippen LogP contribution in [0.4, 0.5) is 0 Å². The Morgan fingerprint density at radius 3 is 2.09 bits per heavy atom. The Bertz CT molecular complexity index is 1180. The van der Waals surface area contributed by atoms with Crippen LogP contribution in [0.15, 0.2) is 54.6 Å². The predicted molar refractivity (Wildman–Crippen MR) is 178 cm³/mol. The first-order valence-electron chi connectivity index (χ1n) is 15.6. The van der Waals surface area contributed by atoms with Gasteiger partial charge in [0.05, 0.1) is 36.7 Å². The topological polar surface area (TPSA) is 90.4 Å². The number of benzene rings is 2. The van der Waals surface area contributed by atoms with Crippen LogP contribution in [0.3, 0.4) is 0 Å². The van der Waals surface area contributed by atoms with Crippen molar-refractivity contribution in [2.45, 2.75) is 69.7 Å². The summed E-state index contributed by atoms with van der Waals surface area (Å²) in [5.41, 5.74) is 1.00. The average Bonchev–Trinajstić information content (AvgIpc) is 3.88. The summed E-state index contributed by atoms with van der Waals surface area (Å²) in [4.78, 5) is 28.9. The second-order valence-corrected chi connectivity index (χ2v) is 14.1. The van der Waals surface area contributed by atoms with Gasteiger partial charge < -0.3 is 14.7 Å². The van der Waals surface area contributed by atoms with E-state index in [1.54, 1.807) is 0 Å². The van der Waals surface area contributed by atoms with Crippen molar-refractivity contribution in [3.63, 3.8) is 0 Å². The largest absolute Gasteiger partial charge is 0.481 e. The Hall–Kier alpha value is -2.01. The molecule has 3 fully saturated rings. The molecule has 2 aromatic rings. The highest BCUT2D eigenvalue weighted by atomic mass is 35.5. The van der Waals surface area contributed by atoms with E-state index in [1.807, 2.05) is 77.8 Å². The number of carboxylic acid groups (broad SMARTS) is 1. The lowest BCUT2D eigenvalue weighted by Gasteiger charge is -2.44. The first-order valence-corrected chi connectivity index (χ1v) is 17.5. The first kappa shape index (κ1) is 36.5. The Morgan fingerprint density at radius 1 is 1.00 bits per heavy atom. The third-order valence-corrected chi connectivity index (χ3v) is 10.4. The molecule has 0 radical (unpaired) electrons. The number of likely N-dealkylation sites (tertiary alicyclic amines) is 1. The minimum absolute atomic E-state index is 0.115. The van der Waals surface area contributed by atoms with Gasteiger partial charge in [0.2, 0.25) is 5.91 Å². The Balaban J connectivity index is 0.000000285. The smallest absolute Gasteiger partial charge is 0.304 e. The lowest BCUT2D eigenvalue weighted by Crippen LogP contribution is -2.52. The molecular formula is C33H47Cl2N3O5S. The molecule has 8 nitrogen and oxygen atoms in total. The van der Waals surface area contributed by atoms with E-state index in [2.05, 4.69) is 11.8 Å². The van der Waals surface area contributed by atoms with E-state index < -0.39 is 22.9 Å². The Labute approximate surface area is 275 Å². The SMILES string of the molecule is CCN1CCOCC1.CC[C@@H](CN(C)S(=O)C1CC1)N1C(=O)C(CC(=O)O)CCC1c1ccc(Cl)cc1.Clc1ccccc1. The molecule has 1 N–H and O–H groups in total. The summed E-state index contributed by atoms with van der Waals surface area (Å²) in [6.45, 7) is 9.98. The fraction of sp³-hybridized carbons (Fsp3) is 0.576. The van der Waals surface area contributed by atoms with Crippen molar-refractivity contribution < 1.29 is 23.6 Å². The second-order valence-electron chi connectivity index (χ2n) is 11.4. The summed E-state index contributed by atoms with van der Waals surface area (Å²) in [5, 5.41) is 10.9. The third-order valence-electron chi connectivity index (χ3n) is 8.14. The van der Waals surface area contributed by atoms with Crippen LogP contribution in [-0.4, -0.2) is 93.0 Å². The molecule has 44 heavy (non-hydrogen) atoms. The molecule has 1 aliphatic carbocycles. The molecule has 0 aromatic heterocycles. The molecule has 4 atom stereocenters. The van der Waals surface area contributed by atoms with Crippen LogP contribution in [0.25, 0.3) is 0 Å². The van der Waals surface area contributed by atoms with Crippen LogP contribution in [-0.2, 0) is 25.3 Å². The summed E-state index contributed by atoms with van der Waals surface area (Å²) in [5.74, 6) is -1.58. The minimum atomic E-state index is -1.04. The standard InChI is InChI=1S/C21H29ClN2O4S.C6H5Cl.C6H13NO/c1-3-17(13-23(2)29(28)18-9-10-18)24-19(14-4-7-16(22)8-5-14)11-6-15(21(24)27)12-20(25)26;7-6-4-2-1-3-5-6;1-2-7-3-5-8-6-4-7/h4-5,7-8,15,17-19H,3,6,9-13H2,1-2H3,(H,25,26);1-5H;2-6H2,1H3/t15?,17-,19?,29?;;/m0../s1. The van der Waals surface area contributed by atoms with E-state index in [0.29, 0.717) is 30.8 Å². The molecule has 1 amide bonds. The summed E-state index contributed by atoms with van der Waals surface area (Å²) in [7, 11) is 0.809. The normalized spacial score (nSPS) is 21.9. The summed E-state index contributed by atoms with van der Waals surface area (Å²) in [6.07, 6.45) is 3.80. The van der Waals surface area contributed by atoms with E-state index in [0.717, 1.165) is 49.7 Å². The molecule has 1 saturated carbocycles. The number of piperidine rings is 1. The molecular weight excluding hydrogens is 621 g/mol. The number of rotatable bonds is 10. The number of amides is 1. The number of carbonyl (C=O) groups is 2. The number of nitrogens with zero attached hydrogens (tertiary/aromatic N) is 3. The van der Waals surface area contributed by atoms with Crippen LogP contribution in [0, 0.1) is 5.92 Å². The second kappa shape index (κ2) is 18.8.